The van der Waals surface area contributed by atoms with Gasteiger partial charge in [0.2, 0.25) is 0 Å². The molecule has 0 radical (unpaired) electrons. The first-order valence-electron chi connectivity index (χ1n) is 9.23. The molecule has 1 N–H and O–H groups in total. The monoisotopic (exact) mass is 372 g/mol. The molecule has 1 aliphatic rings. The first-order valence-corrected chi connectivity index (χ1v) is 9.23. The van der Waals surface area contributed by atoms with E-state index in [0.717, 1.165) is 37.3 Å². The number of esters is 1. The molecule has 1 atom stereocenters. The number of piperazine rings is 1. The molecule has 27 heavy (non-hydrogen) atoms. The van der Waals surface area contributed by atoms with E-state index in [1.807, 2.05) is 30.3 Å². The molecular formula is C21H25FN2O3. The van der Waals surface area contributed by atoms with Crippen LogP contribution in [0.15, 0.2) is 48.5 Å². The van der Waals surface area contributed by atoms with Crippen LogP contribution >= 0.6 is 0 Å². The van der Waals surface area contributed by atoms with E-state index in [1.165, 1.54) is 6.07 Å². The van der Waals surface area contributed by atoms with Crippen LogP contribution in [0.3, 0.4) is 0 Å². The van der Waals surface area contributed by atoms with Crippen molar-refractivity contribution in [2.24, 2.45) is 0 Å². The van der Waals surface area contributed by atoms with Crippen molar-refractivity contribution in [1.29, 1.82) is 0 Å². The predicted octanol–water partition coefficient (Wildman–Crippen LogP) is 2.91. The number of halogens is 1. The Morgan fingerprint density at radius 3 is 2.81 bits per heavy atom. The fourth-order valence-corrected chi connectivity index (χ4v) is 3.25. The van der Waals surface area contributed by atoms with Gasteiger partial charge in [0.25, 0.3) is 0 Å². The lowest BCUT2D eigenvalue weighted by Gasteiger charge is -2.36. The van der Waals surface area contributed by atoms with Gasteiger partial charge in [-0.05, 0) is 42.3 Å². The topological polar surface area (TPSA) is 50.8 Å². The van der Waals surface area contributed by atoms with Gasteiger partial charge in [0.05, 0.1) is 6.61 Å². The third-order valence-corrected chi connectivity index (χ3v) is 4.56. The smallest absolute Gasteiger partial charge is 0.344 e. The summed E-state index contributed by atoms with van der Waals surface area (Å²) in [5.74, 6) is 0.0512. The minimum atomic E-state index is -0.375. The van der Waals surface area contributed by atoms with E-state index in [1.54, 1.807) is 19.1 Å². The molecule has 0 bridgehead atoms. The van der Waals surface area contributed by atoms with E-state index in [-0.39, 0.29) is 24.4 Å². The molecule has 0 aromatic heterocycles. The van der Waals surface area contributed by atoms with Crippen molar-refractivity contribution in [3.8, 4) is 5.75 Å². The molecule has 1 heterocycles. The first kappa shape index (κ1) is 19.3. The Balaban J connectivity index is 1.62. The summed E-state index contributed by atoms with van der Waals surface area (Å²) >= 11 is 0. The Morgan fingerprint density at radius 2 is 2.07 bits per heavy atom. The average molecular weight is 372 g/mol. The number of hydrogen-bond donors (Lipinski definition) is 1. The van der Waals surface area contributed by atoms with Crippen LogP contribution in [0.25, 0.3) is 0 Å². The molecule has 0 aliphatic carbocycles. The van der Waals surface area contributed by atoms with E-state index < -0.39 is 0 Å². The van der Waals surface area contributed by atoms with Crippen LogP contribution in [0.4, 0.5) is 4.39 Å². The van der Waals surface area contributed by atoms with Gasteiger partial charge >= 0.3 is 5.97 Å². The number of rotatable bonds is 7. The van der Waals surface area contributed by atoms with Crippen LogP contribution in [0.2, 0.25) is 0 Å². The number of carbonyl (C=O) groups excluding carboxylic acids is 1. The van der Waals surface area contributed by atoms with Crippen molar-refractivity contribution in [2.45, 2.75) is 19.5 Å². The minimum absolute atomic E-state index is 0.0906. The molecule has 1 fully saturated rings. The summed E-state index contributed by atoms with van der Waals surface area (Å²) in [6.07, 6.45) is 0. The third-order valence-electron chi connectivity index (χ3n) is 4.56. The fourth-order valence-electron chi connectivity index (χ4n) is 3.25. The summed E-state index contributed by atoms with van der Waals surface area (Å²) in [4.78, 5) is 13.7. The lowest BCUT2D eigenvalue weighted by molar-refractivity contribution is -0.145. The second kappa shape index (κ2) is 9.48. The zero-order valence-electron chi connectivity index (χ0n) is 15.5. The molecule has 2 aromatic rings. The first-order chi connectivity index (χ1) is 13.2. The summed E-state index contributed by atoms with van der Waals surface area (Å²) in [6.45, 7) is 5.38. The van der Waals surface area contributed by atoms with Gasteiger partial charge in [0.1, 0.15) is 11.6 Å². The third kappa shape index (κ3) is 5.52. The maximum atomic E-state index is 13.6. The SMILES string of the molecule is CCOC(=O)COc1ccc(CN2CCNCC2c2cccc(F)c2)cc1. The van der Waals surface area contributed by atoms with Gasteiger partial charge in [-0.15, -0.1) is 0 Å². The molecule has 5 nitrogen and oxygen atoms in total. The Hall–Kier alpha value is -2.44. The lowest BCUT2D eigenvalue weighted by atomic mass is 10.0. The zero-order chi connectivity index (χ0) is 19.1. The van der Waals surface area contributed by atoms with Gasteiger partial charge in [0, 0.05) is 32.2 Å². The van der Waals surface area contributed by atoms with Crippen molar-refractivity contribution in [3.05, 3.63) is 65.5 Å². The van der Waals surface area contributed by atoms with Crippen LogP contribution in [0, 0.1) is 5.82 Å². The van der Waals surface area contributed by atoms with Crippen molar-refractivity contribution < 1.29 is 18.7 Å². The number of carbonyl (C=O) groups is 1. The summed E-state index contributed by atoms with van der Waals surface area (Å²) in [7, 11) is 0. The second-order valence-electron chi connectivity index (χ2n) is 6.48. The van der Waals surface area contributed by atoms with Crippen LogP contribution in [-0.4, -0.2) is 43.7 Å². The molecule has 0 saturated carbocycles. The average Bonchev–Trinajstić information content (AvgIpc) is 2.68. The van der Waals surface area contributed by atoms with Crippen molar-refractivity contribution in [2.75, 3.05) is 32.8 Å². The van der Waals surface area contributed by atoms with Crippen molar-refractivity contribution >= 4 is 5.97 Å². The largest absolute Gasteiger partial charge is 0.482 e. The molecule has 1 aliphatic heterocycles. The van der Waals surface area contributed by atoms with Crippen LogP contribution in [0.5, 0.6) is 5.75 Å². The van der Waals surface area contributed by atoms with Gasteiger partial charge in [-0.1, -0.05) is 24.3 Å². The maximum Gasteiger partial charge on any atom is 0.344 e. The highest BCUT2D eigenvalue weighted by Gasteiger charge is 2.24. The van der Waals surface area contributed by atoms with Gasteiger partial charge in [-0.25, -0.2) is 9.18 Å². The summed E-state index contributed by atoms with van der Waals surface area (Å²) in [5.41, 5.74) is 2.12. The van der Waals surface area contributed by atoms with Crippen molar-refractivity contribution in [3.63, 3.8) is 0 Å². The van der Waals surface area contributed by atoms with Gasteiger partial charge in [-0.3, -0.25) is 4.90 Å². The predicted molar refractivity (Wildman–Crippen MR) is 101 cm³/mol. The van der Waals surface area contributed by atoms with E-state index in [0.29, 0.717) is 12.4 Å². The van der Waals surface area contributed by atoms with E-state index in [2.05, 4.69) is 10.2 Å². The molecule has 144 valence electrons. The number of nitrogens with zero attached hydrogens (tertiary/aromatic N) is 1. The van der Waals surface area contributed by atoms with Gasteiger partial charge in [0.15, 0.2) is 6.61 Å². The maximum absolute atomic E-state index is 13.6. The molecule has 0 spiro atoms. The standard InChI is InChI=1S/C21H25FN2O3/c1-2-26-21(25)15-27-19-8-6-16(7-9-19)14-24-11-10-23-13-20(24)17-4-3-5-18(22)12-17/h3-9,12,20,23H,2,10-11,13-15H2,1H3. The highest BCUT2D eigenvalue weighted by Crippen LogP contribution is 2.25. The Kier molecular flexibility index (Phi) is 6.79. The van der Waals surface area contributed by atoms with E-state index in [4.69, 9.17) is 9.47 Å². The normalized spacial score (nSPS) is 17.5. The Morgan fingerprint density at radius 1 is 1.26 bits per heavy atom. The quantitative estimate of drug-likeness (QED) is 0.758. The van der Waals surface area contributed by atoms with Crippen molar-refractivity contribution in [1.82, 2.24) is 10.2 Å². The molecule has 0 amide bonds. The fraction of sp³-hybridized carbons (Fsp3) is 0.381. The molecule has 1 saturated heterocycles. The minimum Gasteiger partial charge on any atom is -0.482 e. The number of benzene rings is 2. The molecule has 1 unspecified atom stereocenters. The molecular weight excluding hydrogens is 347 g/mol. The highest BCUT2D eigenvalue weighted by atomic mass is 19.1. The van der Waals surface area contributed by atoms with Crippen LogP contribution in [0.1, 0.15) is 24.1 Å². The second-order valence-corrected chi connectivity index (χ2v) is 6.48. The zero-order valence-corrected chi connectivity index (χ0v) is 15.5. The number of hydrogen-bond acceptors (Lipinski definition) is 5. The van der Waals surface area contributed by atoms with Crippen LogP contribution in [-0.2, 0) is 16.1 Å². The van der Waals surface area contributed by atoms with Gasteiger partial charge < -0.3 is 14.8 Å². The Bertz CT molecular complexity index is 751. The van der Waals surface area contributed by atoms with E-state index >= 15 is 0 Å². The molecule has 3 rings (SSSR count). The molecule has 2 aromatic carbocycles. The van der Waals surface area contributed by atoms with E-state index in [9.17, 15) is 9.18 Å². The lowest BCUT2D eigenvalue weighted by Crippen LogP contribution is -2.45. The summed E-state index contributed by atoms with van der Waals surface area (Å²) in [5, 5.41) is 3.39. The summed E-state index contributed by atoms with van der Waals surface area (Å²) < 4.78 is 23.9. The molecule has 6 heteroatoms. The Labute approximate surface area is 159 Å². The van der Waals surface area contributed by atoms with Crippen LogP contribution < -0.4 is 10.1 Å². The number of ether oxygens (including phenoxy) is 2. The highest BCUT2D eigenvalue weighted by molar-refractivity contribution is 5.71. The number of nitrogens with one attached hydrogen (secondary N) is 1. The van der Waals surface area contributed by atoms with Gasteiger partial charge in [-0.2, -0.15) is 0 Å². The summed E-state index contributed by atoms with van der Waals surface area (Å²) in [6, 6.07) is 14.6.